The molecule has 0 aliphatic carbocycles. The summed E-state index contributed by atoms with van der Waals surface area (Å²) >= 11 is 0. The first kappa shape index (κ1) is 12.7. The summed E-state index contributed by atoms with van der Waals surface area (Å²) in [4.78, 5) is 11.1. The van der Waals surface area contributed by atoms with Gasteiger partial charge in [-0.3, -0.25) is 9.48 Å². The number of nitrogens with one attached hydrogen (secondary N) is 1. The van der Waals surface area contributed by atoms with Crippen LogP contribution >= 0.6 is 0 Å². The van der Waals surface area contributed by atoms with Crippen molar-refractivity contribution in [2.45, 2.75) is 19.9 Å². The number of carbonyl (C=O) groups is 1. The zero-order valence-corrected chi connectivity index (χ0v) is 9.85. The molecule has 0 aliphatic heterocycles. The van der Waals surface area contributed by atoms with Crippen LogP contribution in [0.3, 0.4) is 0 Å². The highest BCUT2D eigenvalue weighted by atomic mass is 16.5. The minimum Gasteiger partial charge on any atom is -0.469 e. The molecule has 1 atom stereocenters. The minimum atomic E-state index is -0.167. The van der Waals surface area contributed by atoms with E-state index in [1.807, 2.05) is 23.9 Å². The van der Waals surface area contributed by atoms with E-state index in [-0.39, 0.29) is 11.9 Å². The molecule has 90 valence electrons. The highest BCUT2D eigenvalue weighted by molar-refractivity contribution is 5.71. The Bertz CT molecular complexity index is 298. The number of hydrogen-bond donors (Lipinski definition) is 1. The fourth-order valence-electron chi connectivity index (χ4n) is 1.40. The van der Waals surface area contributed by atoms with E-state index in [2.05, 4.69) is 15.2 Å². The van der Waals surface area contributed by atoms with E-state index in [1.54, 1.807) is 6.20 Å². The van der Waals surface area contributed by atoms with Crippen LogP contribution in [0.15, 0.2) is 18.5 Å². The molecule has 1 unspecified atom stereocenters. The van der Waals surface area contributed by atoms with Gasteiger partial charge in [-0.25, -0.2) is 0 Å². The molecule has 1 aromatic rings. The van der Waals surface area contributed by atoms with Crippen molar-refractivity contribution in [3.63, 3.8) is 0 Å². The molecular formula is C11H19N3O2. The smallest absolute Gasteiger partial charge is 0.309 e. The Morgan fingerprint density at radius 1 is 1.62 bits per heavy atom. The fraction of sp³-hybridized carbons (Fsp3) is 0.636. The maximum Gasteiger partial charge on any atom is 0.309 e. The molecule has 1 heterocycles. The lowest BCUT2D eigenvalue weighted by atomic mass is 10.2. The van der Waals surface area contributed by atoms with Crippen LogP contribution in [0.25, 0.3) is 0 Å². The molecular weight excluding hydrogens is 206 g/mol. The number of aryl methyl sites for hydroxylation is 1. The zero-order chi connectivity index (χ0) is 11.8. The molecule has 0 aromatic carbocycles. The third kappa shape index (κ3) is 4.44. The molecule has 1 aromatic heterocycles. The third-order valence-corrected chi connectivity index (χ3v) is 2.35. The number of esters is 1. The first-order chi connectivity index (χ1) is 7.74. The van der Waals surface area contributed by atoms with Crippen LogP contribution in [-0.4, -0.2) is 35.9 Å². The molecule has 1 rings (SSSR count). The quantitative estimate of drug-likeness (QED) is 0.547. The molecule has 0 amide bonds. The number of aromatic nitrogens is 2. The van der Waals surface area contributed by atoms with Gasteiger partial charge in [-0.2, -0.15) is 5.10 Å². The topological polar surface area (TPSA) is 56.1 Å². The van der Waals surface area contributed by atoms with Crippen molar-refractivity contribution in [3.05, 3.63) is 18.5 Å². The van der Waals surface area contributed by atoms with E-state index in [0.29, 0.717) is 6.54 Å². The lowest BCUT2D eigenvalue weighted by Crippen LogP contribution is -2.28. The predicted octanol–water partition coefficient (Wildman–Crippen LogP) is 0.672. The summed E-state index contributed by atoms with van der Waals surface area (Å²) in [5.74, 6) is -0.255. The number of carbonyl (C=O) groups excluding carboxylic acids is 1. The Labute approximate surface area is 95.8 Å². The molecule has 0 saturated heterocycles. The van der Waals surface area contributed by atoms with Gasteiger partial charge in [0.15, 0.2) is 0 Å². The minimum absolute atomic E-state index is 0.0882. The van der Waals surface area contributed by atoms with Gasteiger partial charge >= 0.3 is 5.97 Å². The van der Waals surface area contributed by atoms with Crippen molar-refractivity contribution in [1.29, 1.82) is 0 Å². The lowest BCUT2D eigenvalue weighted by Gasteiger charge is -2.10. The molecule has 0 aliphatic rings. The average molecular weight is 225 g/mol. The monoisotopic (exact) mass is 225 g/mol. The van der Waals surface area contributed by atoms with E-state index in [1.165, 1.54) is 7.11 Å². The van der Waals surface area contributed by atoms with Crippen LogP contribution in [0, 0.1) is 5.92 Å². The maximum atomic E-state index is 11.1. The number of nitrogens with zero attached hydrogens (tertiary/aromatic N) is 2. The summed E-state index contributed by atoms with van der Waals surface area (Å²) in [6.07, 6.45) is 4.71. The van der Waals surface area contributed by atoms with Crippen LogP contribution < -0.4 is 5.32 Å². The van der Waals surface area contributed by atoms with E-state index < -0.39 is 0 Å². The van der Waals surface area contributed by atoms with Gasteiger partial charge in [0.05, 0.1) is 13.0 Å². The van der Waals surface area contributed by atoms with Gasteiger partial charge in [0.2, 0.25) is 0 Å². The Morgan fingerprint density at radius 2 is 2.44 bits per heavy atom. The van der Waals surface area contributed by atoms with Crippen LogP contribution in [0.5, 0.6) is 0 Å². The van der Waals surface area contributed by atoms with Gasteiger partial charge in [0, 0.05) is 25.5 Å². The zero-order valence-electron chi connectivity index (χ0n) is 9.85. The van der Waals surface area contributed by atoms with Gasteiger partial charge in [-0.05, 0) is 19.0 Å². The van der Waals surface area contributed by atoms with E-state index in [4.69, 9.17) is 0 Å². The van der Waals surface area contributed by atoms with Crippen molar-refractivity contribution in [3.8, 4) is 0 Å². The largest absolute Gasteiger partial charge is 0.469 e. The predicted molar refractivity (Wildman–Crippen MR) is 60.9 cm³/mol. The van der Waals surface area contributed by atoms with Crippen molar-refractivity contribution >= 4 is 5.97 Å². The maximum absolute atomic E-state index is 11.1. The molecule has 1 N–H and O–H groups in total. The summed E-state index contributed by atoms with van der Waals surface area (Å²) in [6.45, 7) is 4.28. The summed E-state index contributed by atoms with van der Waals surface area (Å²) < 4.78 is 6.53. The highest BCUT2D eigenvalue weighted by Crippen LogP contribution is 1.95. The Morgan fingerprint density at radius 3 is 3.06 bits per heavy atom. The van der Waals surface area contributed by atoms with Crippen LogP contribution in [-0.2, 0) is 16.1 Å². The number of methoxy groups -OCH3 is 1. The van der Waals surface area contributed by atoms with Gasteiger partial charge in [-0.1, -0.05) is 6.92 Å². The molecule has 0 spiro atoms. The first-order valence-electron chi connectivity index (χ1n) is 5.50. The fourth-order valence-corrected chi connectivity index (χ4v) is 1.40. The Hall–Kier alpha value is -1.36. The number of hydrogen-bond acceptors (Lipinski definition) is 4. The number of ether oxygens (including phenoxy) is 1. The standard InChI is InChI=1S/C11H19N3O2/c1-10(11(15)16-2)9-12-5-3-7-14-8-4-6-13-14/h4,6,8,10,12H,3,5,7,9H2,1-2H3. The lowest BCUT2D eigenvalue weighted by molar-refractivity contribution is -0.144. The first-order valence-corrected chi connectivity index (χ1v) is 5.50. The van der Waals surface area contributed by atoms with E-state index >= 15 is 0 Å². The van der Waals surface area contributed by atoms with Gasteiger partial charge in [0.25, 0.3) is 0 Å². The summed E-state index contributed by atoms with van der Waals surface area (Å²) in [6, 6.07) is 1.91. The van der Waals surface area contributed by atoms with Crippen molar-refractivity contribution in [1.82, 2.24) is 15.1 Å². The Balaban J connectivity index is 2.02. The summed E-state index contributed by atoms with van der Waals surface area (Å²) in [7, 11) is 1.41. The molecule has 5 heteroatoms. The van der Waals surface area contributed by atoms with Crippen molar-refractivity contribution in [2.24, 2.45) is 5.92 Å². The van der Waals surface area contributed by atoms with Gasteiger partial charge < -0.3 is 10.1 Å². The van der Waals surface area contributed by atoms with Crippen LogP contribution in [0.4, 0.5) is 0 Å². The SMILES string of the molecule is COC(=O)C(C)CNCCCn1cccn1. The van der Waals surface area contributed by atoms with E-state index in [0.717, 1.165) is 19.5 Å². The molecule has 16 heavy (non-hydrogen) atoms. The Kier molecular flexibility index (Phi) is 5.56. The second-order valence-corrected chi connectivity index (χ2v) is 3.75. The second kappa shape index (κ2) is 7.00. The molecule has 0 radical (unpaired) electrons. The highest BCUT2D eigenvalue weighted by Gasteiger charge is 2.11. The van der Waals surface area contributed by atoms with Crippen molar-refractivity contribution < 1.29 is 9.53 Å². The average Bonchev–Trinajstić information content (AvgIpc) is 2.80. The summed E-state index contributed by atoms with van der Waals surface area (Å²) in [5.41, 5.74) is 0. The third-order valence-electron chi connectivity index (χ3n) is 2.35. The number of rotatable bonds is 7. The molecule has 0 saturated carbocycles. The second-order valence-electron chi connectivity index (χ2n) is 3.75. The van der Waals surface area contributed by atoms with Crippen molar-refractivity contribution in [2.75, 3.05) is 20.2 Å². The van der Waals surface area contributed by atoms with E-state index in [9.17, 15) is 4.79 Å². The van der Waals surface area contributed by atoms with Gasteiger partial charge in [0.1, 0.15) is 0 Å². The van der Waals surface area contributed by atoms with Crippen LogP contribution in [0.2, 0.25) is 0 Å². The van der Waals surface area contributed by atoms with Gasteiger partial charge in [-0.15, -0.1) is 0 Å². The summed E-state index contributed by atoms with van der Waals surface area (Å²) in [5, 5.41) is 7.33. The van der Waals surface area contributed by atoms with Crippen LogP contribution in [0.1, 0.15) is 13.3 Å². The molecule has 0 bridgehead atoms. The molecule has 0 fully saturated rings. The normalized spacial score (nSPS) is 12.4. The molecule has 5 nitrogen and oxygen atoms in total.